The van der Waals surface area contributed by atoms with Gasteiger partial charge in [-0.1, -0.05) is 36.4 Å². The first-order valence-corrected chi connectivity index (χ1v) is 7.29. The minimum atomic E-state index is -1.04. The maximum Gasteiger partial charge on any atom is 0.372 e. The Morgan fingerprint density at radius 1 is 1.05 bits per heavy atom. The van der Waals surface area contributed by atoms with Gasteiger partial charge in [0.1, 0.15) is 5.58 Å². The second kappa shape index (κ2) is 4.46. The Balaban J connectivity index is 2.08. The van der Waals surface area contributed by atoms with Gasteiger partial charge in [0.05, 0.1) is 5.56 Å². The Bertz CT molecular complexity index is 945. The zero-order chi connectivity index (χ0) is 14.4. The summed E-state index contributed by atoms with van der Waals surface area (Å²) in [5.41, 5.74) is 1.27. The Labute approximate surface area is 124 Å². The highest BCUT2D eigenvalue weighted by molar-refractivity contribution is 7.22. The lowest BCUT2D eigenvalue weighted by Gasteiger charge is -1.95. The van der Waals surface area contributed by atoms with E-state index in [0.29, 0.717) is 11.1 Å². The number of thiophene rings is 1. The molecule has 0 saturated carbocycles. The van der Waals surface area contributed by atoms with Gasteiger partial charge in [-0.15, -0.1) is 11.3 Å². The summed E-state index contributed by atoms with van der Waals surface area (Å²) in [4.78, 5) is 12.4. The van der Waals surface area contributed by atoms with E-state index in [1.54, 1.807) is 17.4 Å². The molecule has 0 spiro atoms. The molecule has 102 valence electrons. The summed E-state index contributed by atoms with van der Waals surface area (Å²) >= 11 is 1.58. The van der Waals surface area contributed by atoms with Crippen molar-refractivity contribution >= 4 is 38.4 Å². The molecule has 2 heterocycles. The van der Waals surface area contributed by atoms with Gasteiger partial charge in [0.25, 0.3) is 0 Å². The summed E-state index contributed by atoms with van der Waals surface area (Å²) in [5, 5.41) is 11.4. The molecule has 2 aromatic heterocycles. The largest absolute Gasteiger partial charge is 0.475 e. The number of aromatic carboxylic acids is 1. The van der Waals surface area contributed by atoms with Crippen molar-refractivity contribution in [1.29, 1.82) is 0 Å². The van der Waals surface area contributed by atoms with Gasteiger partial charge in [-0.3, -0.25) is 0 Å². The summed E-state index contributed by atoms with van der Waals surface area (Å²) < 4.78 is 6.65. The molecule has 2 aromatic carbocycles. The number of carboxylic acid groups (broad SMARTS) is 1. The number of para-hydroxylation sites is 1. The SMILES string of the molecule is O=C(O)c1oc2ccccc2c1-c1cc2ccccc2s1. The molecule has 0 atom stereocenters. The third-order valence-electron chi connectivity index (χ3n) is 3.46. The monoisotopic (exact) mass is 294 g/mol. The Morgan fingerprint density at radius 2 is 1.81 bits per heavy atom. The van der Waals surface area contributed by atoms with E-state index >= 15 is 0 Å². The van der Waals surface area contributed by atoms with Crippen molar-refractivity contribution in [2.75, 3.05) is 0 Å². The number of carboxylic acids is 1. The molecule has 0 saturated heterocycles. The van der Waals surface area contributed by atoms with Gasteiger partial charge in [-0.25, -0.2) is 4.79 Å². The molecule has 0 fully saturated rings. The molecule has 0 amide bonds. The molecule has 0 aliphatic carbocycles. The van der Waals surface area contributed by atoms with Crippen molar-refractivity contribution in [1.82, 2.24) is 0 Å². The zero-order valence-electron chi connectivity index (χ0n) is 10.9. The summed E-state index contributed by atoms with van der Waals surface area (Å²) in [6.07, 6.45) is 0. The highest BCUT2D eigenvalue weighted by Gasteiger charge is 2.22. The average molecular weight is 294 g/mol. The molecule has 21 heavy (non-hydrogen) atoms. The lowest BCUT2D eigenvalue weighted by atomic mass is 10.1. The number of hydrogen-bond acceptors (Lipinski definition) is 3. The number of carbonyl (C=O) groups is 1. The van der Waals surface area contributed by atoms with E-state index in [0.717, 1.165) is 20.3 Å². The number of furan rings is 1. The standard InChI is InChI=1S/C17H10O3S/c18-17(19)16-15(11-6-2-3-7-12(11)20-16)14-9-10-5-1-4-8-13(10)21-14/h1-9H,(H,18,19). The molecule has 0 radical (unpaired) electrons. The molecule has 1 N–H and O–H groups in total. The molecule has 4 heteroatoms. The summed E-state index contributed by atoms with van der Waals surface area (Å²) in [6, 6.07) is 17.4. The van der Waals surface area contributed by atoms with E-state index in [1.807, 2.05) is 48.5 Å². The van der Waals surface area contributed by atoms with Gasteiger partial charge in [0, 0.05) is 15.0 Å². The van der Waals surface area contributed by atoms with Crippen molar-refractivity contribution in [3.05, 3.63) is 60.4 Å². The maximum absolute atomic E-state index is 11.5. The topological polar surface area (TPSA) is 50.4 Å². The first-order chi connectivity index (χ1) is 10.2. The Kier molecular flexibility index (Phi) is 2.59. The van der Waals surface area contributed by atoms with E-state index in [2.05, 4.69) is 0 Å². The van der Waals surface area contributed by atoms with Crippen molar-refractivity contribution in [2.45, 2.75) is 0 Å². The van der Waals surface area contributed by atoms with E-state index in [4.69, 9.17) is 4.42 Å². The van der Waals surface area contributed by atoms with Gasteiger partial charge in [-0.2, -0.15) is 0 Å². The fourth-order valence-corrected chi connectivity index (χ4v) is 3.66. The third kappa shape index (κ3) is 1.84. The number of rotatable bonds is 2. The smallest absolute Gasteiger partial charge is 0.372 e. The normalized spacial score (nSPS) is 11.2. The lowest BCUT2D eigenvalue weighted by molar-refractivity contribution is 0.0666. The summed E-state index contributed by atoms with van der Waals surface area (Å²) in [6.45, 7) is 0. The van der Waals surface area contributed by atoms with Crippen LogP contribution in [-0.2, 0) is 0 Å². The number of hydrogen-bond donors (Lipinski definition) is 1. The predicted molar refractivity (Wildman–Crippen MR) is 84.0 cm³/mol. The molecular formula is C17H10O3S. The average Bonchev–Trinajstić information content (AvgIpc) is 3.07. The fraction of sp³-hybridized carbons (Fsp3) is 0. The second-order valence-corrected chi connectivity index (χ2v) is 5.84. The van der Waals surface area contributed by atoms with Crippen LogP contribution in [0.15, 0.2) is 59.0 Å². The molecule has 0 aliphatic heterocycles. The first-order valence-electron chi connectivity index (χ1n) is 6.48. The number of benzene rings is 2. The van der Waals surface area contributed by atoms with Gasteiger partial charge in [-0.05, 0) is 23.6 Å². The molecule has 0 aliphatic rings. The van der Waals surface area contributed by atoms with Crippen LogP contribution < -0.4 is 0 Å². The van der Waals surface area contributed by atoms with E-state index < -0.39 is 5.97 Å². The molecule has 0 bridgehead atoms. The van der Waals surface area contributed by atoms with Gasteiger partial charge < -0.3 is 9.52 Å². The number of fused-ring (bicyclic) bond motifs is 2. The third-order valence-corrected chi connectivity index (χ3v) is 4.60. The Hall–Kier alpha value is -2.59. The summed E-state index contributed by atoms with van der Waals surface area (Å²) in [5.74, 6) is -1.04. The van der Waals surface area contributed by atoms with Crippen LogP contribution in [0.25, 0.3) is 31.5 Å². The van der Waals surface area contributed by atoms with Crippen molar-refractivity contribution < 1.29 is 14.3 Å². The quantitative estimate of drug-likeness (QED) is 0.565. The highest BCUT2D eigenvalue weighted by Crippen LogP contribution is 2.40. The Morgan fingerprint density at radius 3 is 2.62 bits per heavy atom. The van der Waals surface area contributed by atoms with Crippen LogP contribution >= 0.6 is 11.3 Å². The molecule has 4 rings (SSSR count). The first kappa shape index (κ1) is 12.2. The van der Waals surface area contributed by atoms with Crippen LogP contribution in [0.2, 0.25) is 0 Å². The van der Waals surface area contributed by atoms with Crippen LogP contribution in [0.4, 0.5) is 0 Å². The van der Waals surface area contributed by atoms with Crippen LogP contribution in [0, 0.1) is 0 Å². The van der Waals surface area contributed by atoms with Crippen LogP contribution in [0.5, 0.6) is 0 Å². The van der Waals surface area contributed by atoms with Gasteiger partial charge in [0.15, 0.2) is 0 Å². The summed E-state index contributed by atoms with van der Waals surface area (Å²) in [7, 11) is 0. The fourth-order valence-electron chi connectivity index (χ4n) is 2.55. The molecule has 4 aromatic rings. The van der Waals surface area contributed by atoms with Crippen molar-refractivity contribution in [2.24, 2.45) is 0 Å². The highest BCUT2D eigenvalue weighted by atomic mass is 32.1. The second-order valence-electron chi connectivity index (χ2n) is 4.76. The van der Waals surface area contributed by atoms with E-state index in [1.165, 1.54) is 0 Å². The minimum absolute atomic E-state index is 0.00255. The zero-order valence-corrected chi connectivity index (χ0v) is 11.7. The molecule has 3 nitrogen and oxygen atoms in total. The van der Waals surface area contributed by atoms with Crippen LogP contribution in [-0.4, -0.2) is 11.1 Å². The predicted octanol–water partition coefficient (Wildman–Crippen LogP) is 5.01. The van der Waals surface area contributed by atoms with Gasteiger partial charge >= 0.3 is 5.97 Å². The minimum Gasteiger partial charge on any atom is -0.475 e. The van der Waals surface area contributed by atoms with E-state index in [-0.39, 0.29) is 5.76 Å². The lowest BCUT2D eigenvalue weighted by Crippen LogP contribution is -1.95. The molecule has 0 unspecified atom stereocenters. The van der Waals surface area contributed by atoms with Crippen LogP contribution in [0.1, 0.15) is 10.6 Å². The van der Waals surface area contributed by atoms with Gasteiger partial charge in [0.2, 0.25) is 5.76 Å². The van der Waals surface area contributed by atoms with Crippen molar-refractivity contribution in [3.63, 3.8) is 0 Å². The van der Waals surface area contributed by atoms with E-state index in [9.17, 15) is 9.90 Å². The van der Waals surface area contributed by atoms with Crippen molar-refractivity contribution in [3.8, 4) is 10.4 Å². The molecular weight excluding hydrogens is 284 g/mol. The van der Waals surface area contributed by atoms with Crippen LogP contribution in [0.3, 0.4) is 0 Å². The maximum atomic E-state index is 11.5.